The van der Waals surface area contributed by atoms with Crippen molar-refractivity contribution in [3.8, 4) is 6.07 Å². The van der Waals surface area contributed by atoms with Gasteiger partial charge < -0.3 is 9.47 Å². The average Bonchev–Trinajstić information content (AvgIpc) is 2.71. The maximum absolute atomic E-state index is 12.1. The van der Waals surface area contributed by atoms with Gasteiger partial charge in [-0.25, -0.2) is 4.98 Å². The van der Waals surface area contributed by atoms with Gasteiger partial charge in [-0.15, -0.1) is 0 Å². The molecule has 0 spiro atoms. The molecule has 0 atom stereocenters. The first kappa shape index (κ1) is 17.7. The predicted octanol–water partition coefficient (Wildman–Crippen LogP) is 2.81. The van der Waals surface area contributed by atoms with Gasteiger partial charge >= 0.3 is 0 Å². The fourth-order valence-corrected chi connectivity index (χ4v) is 4.09. The van der Waals surface area contributed by atoms with E-state index < -0.39 is 0 Å². The molecule has 2 aromatic heterocycles. The van der Waals surface area contributed by atoms with Crippen molar-refractivity contribution in [1.82, 2.24) is 14.5 Å². The number of para-hydroxylation sites is 1. The summed E-state index contributed by atoms with van der Waals surface area (Å²) in [7, 11) is 0. The third-order valence-corrected chi connectivity index (χ3v) is 5.52. The summed E-state index contributed by atoms with van der Waals surface area (Å²) in [5.74, 6) is 0.760. The monoisotopic (exact) mass is 423 g/mol. The van der Waals surface area contributed by atoms with E-state index in [9.17, 15) is 10.1 Å². The second kappa shape index (κ2) is 7.51. The van der Waals surface area contributed by atoms with Crippen LogP contribution in [0.4, 0.5) is 5.82 Å². The quantitative estimate of drug-likeness (QED) is 0.647. The number of benzene rings is 1. The number of aromatic nitrogens is 2. The number of pyridine rings is 2. The molecule has 4 rings (SSSR count). The zero-order valence-corrected chi connectivity index (χ0v) is 16.3. The maximum atomic E-state index is 12.1. The Hall–Kier alpha value is -2.69. The van der Waals surface area contributed by atoms with E-state index in [1.54, 1.807) is 24.4 Å². The summed E-state index contributed by atoms with van der Waals surface area (Å²) in [4.78, 5) is 21.0. The maximum Gasteiger partial charge on any atom is 0.189 e. The Morgan fingerprint density at radius 2 is 1.93 bits per heavy atom. The van der Waals surface area contributed by atoms with Crippen LogP contribution in [0.2, 0.25) is 0 Å². The highest BCUT2D eigenvalue weighted by atomic mass is 79.9. The summed E-state index contributed by atoms with van der Waals surface area (Å²) in [6.07, 6.45) is 3.58. The molecular weight excluding hydrogens is 406 g/mol. The summed E-state index contributed by atoms with van der Waals surface area (Å²) in [5, 5.41) is 10.0. The van der Waals surface area contributed by atoms with E-state index in [-0.39, 0.29) is 5.43 Å². The number of nitriles is 1. The Morgan fingerprint density at radius 1 is 1.11 bits per heavy atom. The van der Waals surface area contributed by atoms with Gasteiger partial charge in [0.25, 0.3) is 0 Å². The highest BCUT2D eigenvalue weighted by Crippen LogP contribution is 2.23. The lowest BCUT2D eigenvalue weighted by Crippen LogP contribution is -2.47. The molecule has 0 unspecified atom stereocenters. The lowest BCUT2D eigenvalue weighted by Gasteiger charge is -2.36. The fraction of sp³-hybridized carbons (Fsp3) is 0.250. The molecule has 7 heteroatoms. The Kier molecular flexibility index (Phi) is 4.92. The number of hydrogen-bond acceptors (Lipinski definition) is 5. The largest absolute Gasteiger partial charge is 0.353 e. The number of piperazine rings is 1. The number of fused-ring (bicyclic) bond motifs is 1. The first-order valence-corrected chi connectivity index (χ1v) is 9.57. The molecule has 3 aromatic rings. The van der Waals surface area contributed by atoms with Gasteiger partial charge in [0.15, 0.2) is 5.43 Å². The zero-order chi connectivity index (χ0) is 18.8. The van der Waals surface area contributed by atoms with Gasteiger partial charge in [0.2, 0.25) is 0 Å². The number of anilines is 1. The van der Waals surface area contributed by atoms with E-state index in [2.05, 4.69) is 41.4 Å². The van der Waals surface area contributed by atoms with Crippen LogP contribution in [0.25, 0.3) is 10.9 Å². The molecule has 1 aliphatic rings. The van der Waals surface area contributed by atoms with Gasteiger partial charge in [-0.1, -0.05) is 6.07 Å². The molecule has 1 saturated heterocycles. The van der Waals surface area contributed by atoms with Gasteiger partial charge in [0.05, 0.1) is 17.7 Å². The summed E-state index contributed by atoms with van der Waals surface area (Å²) in [6, 6.07) is 13.1. The average molecular weight is 424 g/mol. The molecule has 0 N–H and O–H groups in total. The molecule has 6 nitrogen and oxygen atoms in total. The van der Waals surface area contributed by atoms with Crippen molar-refractivity contribution in [1.29, 1.82) is 5.26 Å². The molecular formula is C20H18BrN5O. The van der Waals surface area contributed by atoms with E-state index in [1.165, 1.54) is 0 Å². The van der Waals surface area contributed by atoms with Crippen molar-refractivity contribution in [2.45, 2.75) is 6.67 Å². The second-order valence-corrected chi connectivity index (χ2v) is 7.37. The van der Waals surface area contributed by atoms with Crippen LogP contribution in [0.3, 0.4) is 0 Å². The predicted molar refractivity (Wildman–Crippen MR) is 109 cm³/mol. The normalized spacial score (nSPS) is 15.0. The molecule has 1 aromatic carbocycles. The van der Waals surface area contributed by atoms with Crippen molar-refractivity contribution >= 4 is 32.7 Å². The Morgan fingerprint density at radius 3 is 2.70 bits per heavy atom. The van der Waals surface area contributed by atoms with E-state index in [1.807, 2.05) is 24.4 Å². The van der Waals surface area contributed by atoms with Crippen LogP contribution in [-0.2, 0) is 6.67 Å². The highest BCUT2D eigenvalue weighted by molar-refractivity contribution is 9.10. The van der Waals surface area contributed by atoms with E-state index in [4.69, 9.17) is 0 Å². The molecule has 136 valence electrons. The summed E-state index contributed by atoms with van der Waals surface area (Å²) < 4.78 is 3.03. The first-order valence-electron chi connectivity index (χ1n) is 8.77. The van der Waals surface area contributed by atoms with Crippen molar-refractivity contribution in [2.24, 2.45) is 0 Å². The molecule has 0 saturated carbocycles. The summed E-state index contributed by atoms with van der Waals surface area (Å²) >= 11 is 3.58. The van der Waals surface area contributed by atoms with Crippen LogP contribution >= 0.6 is 15.9 Å². The summed E-state index contributed by atoms with van der Waals surface area (Å²) in [6.45, 7) is 4.05. The Balaban J connectivity index is 1.52. The Labute approximate surface area is 165 Å². The fourth-order valence-electron chi connectivity index (χ4n) is 3.50. The van der Waals surface area contributed by atoms with Crippen LogP contribution < -0.4 is 10.3 Å². The number of rotatable bonds is 3. The van der Waals surface area contributed by atoms with Crippen molar-refractivity contribution in [3.05, 3.63) is 69.1 Å². The molecule has 0 bridgehead atoms. The van der Waals surface area contributed by atoms with Gasteiger partial charge in [0, 0.05) is 54.5 Å². The van der Waals surface area contributed by atoms with E-state index >= 15 is 0 Å². The zero-order valence-electron chi connectivity index (χ0n) is 14.7. The van der Waals surface area contributed by atoms with E-state index in [0.717, 1.165) is 47.4 Å². The van der Waals surface area contributed by atoms with Gasteiger partial charge in [-0.2, -0.15) is 5.26 Å². The number of nitrogens with zero attached hydrogens (tertiary/aromatic N) is 5. The van der Waals surface area contributed by atoms with Crippen molar-refractivity contribution in [2.75, 3.05) is 31.1 Å². The van der Waals surface area contributed by atoms with Crippen LogP contribution in [0.15, 0.2) is 58.1 Å². The van der Waals surface area contributed by atoms with Crippen molar-refractivity contribution in [3.63, 3.8) is 0 Å². The van der Waals surface area contributed by atoms with Crippen LogP contribution in [-0.4, -0.2) is 40.6 Å². The van der Waals surface area contributed by atoms with Gasteiger partial charge in [-0.05, 0) is 40.2 Å². The standard InChI is InChI=1S/C20H18BrN5O/c21-17-5-1-4-16-18(27)6-8-26(19(16)17)14-24-9-11-25(12-10-24)20-15(13-22)3-2-7-23-20/h1-8H,9-12,14H2. The second-order valence-electron chi connectivity index (χ2n) is 6.52. The van der Waals surface area contributed by atoms with Crippen molar-refractivity contribution < 1.29 is 0 Å². The molecule has 1 aliphatic heterocycles. The third-order valence-electron chi connectivity index (χ3n) is 4.88. The molecule has 0 radical (unpaired) electrons. The minimum Gasteiger partial charge on any atom is -0.353 e. The Bertz CT molecular complexity index is 1080. The van der Waals surface area contributed by atoms with Gasteiger partial charge in [-0.3, -0.25) is 9.69 Å². The topological polar surface area (TPSA) is 65.2 Å². The molecule has 0 amide bonds. The lowest BCUT2D eigenvalue weighted by molar-refractivity contribution is 0.208. The smallest absolute Gasteiger partial charge is 0.189 e. The SMILES string of the molecule is N#Cc1cccnc1N1CCN(Cn2ccc(=O)c3cccc(Br)c32)CC1. The molecule has 0 aliphatic carbocycles. The third kappa shape index (κ3) is 3.46. The van der Waals surface area contributed by atoms with E-state index in [0.29, 0.717) is 12.2 Å². The lowest BCUT2D eigenvalue weighted by atomic mass is 10.2. The van der Waals surface area contributed by atoms with Gasteiger partial charge in [0.1, 0.15) is 11.9 Å². The number of hydrogen-bond donors (Lipinski definition) is 0. The molecule has 3 heterocycles. The minimum absolute atomic E-state index is 0.0338. The van der Waals surface area contributed by atoms with Crippen LogP contribution in [0.1, 0.15) is 5.56 Å². The molecule has 1 fully saturated rings. The number of halogens is 1. The van der Waals surface area contributed by atoms with Crippen LogP contribution in [0.5, 0.6) is 0 Å². The first-order chi connectivity index (χ1) is 13.2. The molecule has 27 heavy (non-hydrogen) atoms. The highest BCUT2D eigenvalue weighted by Gasteiger charge is 2.20. The minimum atomic E-state index is 0.0338. The summed E-state index contributed by atoms with van der Waals surface area (Å²) in [5.41, 5.74) is 1.57. The van der Waals surface area contributed by atoms with Crippen LogP contribution in [0, 0.1) is 11.3 Å².